The first-order chi connectivity index (χ1) is 8.40. The molecule has 2 rings (SSSR count). The molecule has 3 heteroatoms. The Morgan fingerprint density at radius 3 is 2.71 bits per heavy atom. The van der Waals surface area contributed by atoms with Gasteiger partial charge < -0.3 is 5.32 Å². The molecule has 2 saturated heterocycles. The number of nitrogens with one attached hydrogen (secondary N) is 1. The number of rotatable bonds is 5. The van der Waals surface area contributed by atoms with Gasteiger partial charge in [-0.2, -0.15) is 11.8 Å². The van der Waals surface area contributed by atoms with Crippen LogP contribution in [0.3, 0.4) is 0 Å². The molecule has 2 fully saturated rings. The minimum absolute atomic E-state index is 0.878. The van der Waals surface area contributed by atoms with E-state index in [1.165, 1.54) is 69.8 Å². The fourth-order valence-corrected chi connectivity index (χ4v) is 4.30. The fourth-order valence-electron chi connectivity index (χ4n) is 3.12. The third-order valence-electron chi connectivity index (χ3n) is 4.11. The highest BCUT2D eigenvalue weighted by Crippen LogP contribution is 2.24. The summed E-state index contributed by atoms with van der Waals surface area (Å²) in [5.74, 6) is 3.73. The summed E-state index contributed by atoms with van der Waals surface area (Å²) >= 11 is 2.17. The molecule has 2 heterocycles. The lowest BCUT2D eigenvalue weighted by Crippen LogP contribution is -2.44. The molecule has 0 amide bonds. The van der Waals surface area contributed by atoms with E-state index in [-0.39, 0.29) is 0 Å². The Bertz CT molecular complexity index is 198. The molecule has 100 valence electrons. The second-order valence-corrected chi connectivity index (χ2v) is 6.71. The number of piperidine rings is 1. The zero-order valence-electron chi connectivity index (χ0n) is 11.3. The topological polar surface area (TPSA) is 15.3 Å². The molecule has 0 spiro atoms. The second kappa shape index (κ2) is 7.65. The molecule has 0 bridgehead atoms. The Morgan fingerprint density at radius 1 is 1.24 bits per heavy atom. The number of hydrogen-bond donors (Lipinski definition) is 1. The molecule has 0 saturated carbocycles. The van der Waals surface area contributed by atoms with Gasteiger partial charge in [0.15, 0.2) is 0 Å². The highest BCUT2D eigenvalue weighted by atomic mass is 32.2. The van der Waals surface area contributed by atoms with Gasteiger partial charge in [0.1, 0.15) is 0 Å². The molecule has 17 heavy (non-hydrogen) atoms. The van der Waals surface area contributed by atoms with Gasteiger partial charge in [0.2, 0.25) is 0 Å². The first-order valence-electron chi connectivity index (χ1n) is 7.42. The quantitative estimate of drug-likeness (QED) is 0.814. The molecule has 0 aliphatic carbocycles. The third kappa shape index (κ3) is 4.46. The van der Waals surface area contributed by atoms with Crippen molar-refractivity contribution >= 4 is 11.8 Å². The molecule has 1 N–H and O–H groups in total. The van der Waals surface area contributed by atoms with Crippen LogP contribution < -0.4 is 5.32 Å². The maximum atomic E-state index is 3.48. The van der Waals surface area contributed by atoms with Gasteiger partial charge in [-0.15, -0.1) is 0 Å². The predicted octanol–water partition coefficient (Wildman–Crippen LogP) is 2.59. The molecule has 2 aliphatic rings. The highest BCUT2D eigenvalue weighted by Gasteiger charge is 2.24. The molecule has 2 nitrogen and oxygen atoms in total. The van der Waals surface area contributed by atoms with Crippen LogP contribution in [0.25, 0.3) is 0 Å². The Balaban J connectivity index is 1.81. The Morgan fingerprint density at radius 2 is 2.06 bits per heavy atom. The van der Waals surface area contributed by atoms with Crippen LogP contribution >= 0.6 is 11.8 Å². The first kappa shape index (κ1) is 13.7. The van der Waals surface area contributed by atoms with E-state index in [1.54, 1.807) is 0 Å². The van der Waals surface area contributed by atoms with Gasteiger partial charge in [0.05, 0.1) is 0 Å². The largest absolute Gasteiger partial charge is 0.317 e. The Kier molecular flexibility index (Phi) is 6.16. The zero-order chi connectivity index (χ0) is 11.9. The third-order valence-corrected chi connectivity index (χ3v) is 5.31. The van der Waals surface area contributed by atoms with E-state index >= 15 is 0 Å². The minimum atomic E-state index is 0.878. The van der Waals surface area contributed by atoms with Crippen LogP contribution in [0.2, 0.25) is 0 Å². The average Bonchev–Trinajstić information content (AvgIpc) is 2.40. The number of thioether (sulfide) groups is 1. The number of hydrogen-bond acceptors (Lipinski definition) is 3. The summed E-state index contributed by atoms with van der Waals surface area (Å²) in [6.07, 6.45) is 6.96. The smallest absolute Gasteiger partial charge is 0.0186 e. The Hall–Kier alpha value is 0.270. The molecular weight excluding hydrogens is 228 g/mol. The molecule has 0 aromatic heterocycles. The summed E-state index contributed by atoms with van der Waals surface area (Å²) in [4.78, 5) is 2.81. The van der Waals surface area contributed by atoms with Crippen molar-refractivity contribution in [2.45, 2.75) is 45.1 Å². The summed E-state index contributed by atoms with van der Waals surface area (Å²) < 4.78 is 0. The normalized spacial score (nSPS) is 27.5. The first-order valence-corrected chi connectivity index (χ1v) is 8.58. The van der Waals surface area contributed by atoms with Crippen molar-refractivity contribution in [1.29, 1.82) is 0 Å². The van der Waals surface area contributed by atoms with E-state index in [0.29, 0.717) is 0 Å². The van der Waals surface area contributed by atoms with Crippen molar-refractivity contribution < 1.29 is 0 Å². The van der Waals surface area contributed by atoms with Crippen molar-refractivity contribution in [1.82, 2.24) is 10.2 Å². The molecule has 0 aromatic rings. The van der Waals surface area contributed by atoms with E-state index in [0.717, 1.165) is 12.0 Å². The zero-order valence-corrected chi connectivity index (χ0v) is 12.1. The minimum Gasteiger partial charge on any atom is -0.317 e. The standard InChI is InChI=1S/C14H28N2S/c1-2-9-16(14-4-3-10-17-12-14)11-13-5-7-15-8-6-13/h13-15H,2-12H2,1H3. The van der Waals surface area contributed by atoms with Crippen LogP contribution in [0.1, 0.15) is 39.0 Å². The molecule has 2 aliphatic heterocycles. The van der Waals surface area contributed by atoms with E-state index < -0.39 is 0 Å². The lowest BCUT2D eigenvalue weighted by molar-refractivity contribution is 0.154. The SMILES string of the molecule is CCCN(CC1CCNCC1)C1CCCSC1. The van der Waals surface area contributed by atoms with Gasteiger partial charge >= 0.3 is 0 Å². The summed E-state index contributed by atoms with van der Waals surface area (Å²) in [7, 11) is 0. The van der Waals surface area contributed by atoms with Crippen molar-refractivity contribution in [3.63, 3.8) is 0 Å². The van der Waals surface area contributed by atoms with Gasteiger partial charge in [-0.05, 0) is 63.4 Å². The van der Waals surface area contributed by atoms with Crippen molar-refractivity contribution in [3.8, 4) is 0 Å². The average molecular weight is 256 g/mol. The molecular formula is C14H28N2S. The molecule has 0 radical (unpaired) electrons. The van der Waals surface area contributed by atoms with Crippen LogP contribution in [0.5, 0.6) is 0 Å². The van der Waals surface area contributed by atoms with Gasteiger partial charge in [-0.25, -0.2) is 0 Å². The molecule has 0 aromatic carbocycles. The summed E-state index contributed by atoms with van der Waals surface area (Å²) in [5.41, 5.74) is 0. The molecule has 1 atom stereocenters. The van der Waals surface area contributed by atoms with Gasteiger partial charge in [-0.1, -0.05) is 6.92 Å². The van der Waals surface area contributed by atoms with E-state index in [9.17, 15) is 0 Å². The van der Waals surface area contributed by atoms with Crippen molar-refractivity contribution in [3.05, 3.63) is 0 Å². The lowest BCUT2D eigenvalue weighted by atomic mass is 9.96. The predicted molar refractivity (Wildman–Crippen MR) is 77.8 cm³/mol. The maximum absolute atomic E-state index is 3.48. The highest BCUT2D eigenvalue weighted by molar-refractivity contribution is 7.99. The van der Waals surface area contributed by atoms with Crippen LogP contribution in [0.15, 0.2) is 0 Å². The van der Waals surface area contributed by atoms with E-state index in [4.69, 9.17) is 0 Å². The maximum Gasteiger partial charge on any atom is 0.0186 e. The summed E-state index contributed by atoms with van der Waals surface area (Å²) in [6, 6.07) is 0.878. The summed E-state index contributed by atoms with van der Waals surface area (Å²) in [6.45, 7) is 7.48. The van der Waals surface area contributed by atoms with E-state index in [2.05, 4.69) is 28.9 Å². The van der Waals surface area contributed by atoms with Gasteiger partial charge in [-0.3, -0.25) is 4.90 Å². The van der Waals surface area contributed by atoms with Crippen LogP contribution in [0.4, 0.5) is 0 Å². The number of nitrogens with zero attached hydrogens (tertiary/aromatic N) is 1. The molecule has 1 unspecified atom stereocenters. The van der Waals surface area contributed by atoms with Crippen molar-refractivity contribution in [2.75, 3.05) is 37.7 Å². The van der Waals surface area contributed by atoms with E-state index in [1.807, 2.05) is 0 Å². The lowest BCUT2D eigenvalue weighted by Gasteiger charge is -2.37. The van der Waals surface area contributed by atoms with Crippen LogP contribution in [-0.2, 0) is 0 Å². The summed E-state index contributed by atoms with van der Waals surface area (Å²) in [5, 5.41) is 3.48. The monoisotopic (exact) mass is 256 g/mol. The fraction of sp³-hybridized carbons (Fsp3) is 1.00. The van der Waals surface area contributed by atoms with Gasteiger partial charge in [0, 0.05) is 18.3 Å². The van der Waals surface area contributed by atoms with Crippen LogP contribution in [0, 0.1) is 5.92 Å². The van der Waals surface area contributed by atoms with Crippen LogP contribution in [-0.4, -0.2) is 48.6 Å². The van der Waals surface area contributed by atoms with Gasteiger partial charge in [0.25, 0.3) is 0 Å². The second-order valence-electron chi connectivity index (χ2n) is 5.56. The van der Waals surface area contributed by atoms with Crippen molar-refractivity contribution in [2.24, 2.45) is 5.92 Å². The Labute approximate surface area is 111 Å².